The lowest BCUT2D eigenvalue weighted by Crippen LogP contribution is -2.44. The highest BCUT2D eigenvalue weighted by molar-refractivity contribution is 7.10. The van der Waals surface area contributed by atoms with Crippen molar-refractivity contribution in [3.05, 3.63) is 82.6 Å². The fraction of sp³-hybridized carbons (Fsp3) is 0.280. The molecule has 5 nitrogen and oxygen atoms in total. The van der Waals surface area contributed by atoms with Crippen molar-refractivity contribution >= 4 is 23.2 Å². The van der Waals surface area contributed by atoms with Crippen molar-refractivity contribution in [1.82, 2.24) is 10.6 Å². The Hall–Kier alpha value is -3.12. The Bertz CT molecular complexity index is 981. The summed E-state index contributed by atoms with van der Waals surface area (Å²) < 4.78 is 5.78. The van der Waals surface area contributed by atoms with Crippen LogP contribution in [0.2, 0.25) is 0 Å². The number of carbonyl (C=O) groups excluding carboxylic acids is 2. The molecule has 0 bridgehead atoms. The van der Waals surface area contributed by atoms with E-state index in [1.807, 2.05) is 47.8 Å². The van der Waals surface area contributed by atoms with Crippen LogP contribution in [0.4, 0.5) is 0 Å². The molecule has 1 heterocycles. The largest absolute Gasteiger partial charge is 0.457 e. The second-order valence-electron chi connectivity index (χ2n) is 7.70. The highest BCUT2D eigenvalue weighted by Gasteiger charge is 2.27. The number of carbonyl (C=O) groups is 2. The Kier molecular flexibility index (Phi) is 6.99. The number of ether oxygens (including phenoxy) is 1. The highest BCUT2D eigenvalue weighted by atomic mass is 32.1. The zero-order valence-corrected chi connectivity index (χ0v) is 18.1. The molecular weight excluding hydrogens is 408 g/mol. The maximum atomic E-state index is 13.0. The Labute approximate surface area is 186 Å². The van der Waals surface area contributed by atoms with Gasteiger partial charge >= 0.3 is 0 Å². The minimum absolute atomic E-state index is 0.147. The van der Waals surface area contributed by atoms with Crippen molar-refractivity contribution in [3.8, 4) is 11.5 Å². The average Bonchev–Trinajstić information content (AvgIpc) is 3.34. The molecule has 31 heavy (non-hydrogen) atoms. The third kappa shape index (κ3) is 5.73. The molecule has 1 aliphatic carbocycles. The lowest BCUT2D eigenvalue weighted by atomic mass is 9.95. The van der Waals surface area contributed by atoms with E-state index in [1.54, 1.807) is 24.3 Å². The molecular formula is C25H26N2O3S. The van der Waals surface area contributed by atoms with Gasteiger partial charge in [-0.2, -0.15) is 0 Å². The quantitative estimate of drug-likeness (QED) is 0.519. The van der Waals surface area contributed by atoms with Crippen LogP contribution < -0.4 is 15.4 Å². The summed E-state index contributed by atoms with van der Waals surface area (Å²) in [6, 6.07) is 19.7. The topological polar surface area (TPSA) is 67.4 Å². The maximum Gasteiger partial charge on any atom is 0.252 e. The van der Waals surface area contributed by atoms with Gasteiger partial charge in [-0.15, -0.1) is 11.3 Å². The first-order chi connectivity index (χ1) is 15.2. The first-order valence-corrected chi connectivity index (χ1v) is 11.5. The van der Waals surface area contributed by atoms with E-state index in [0.29, 0.717) is 11.3 Å². The third-order valence-electron chi connectivity index (χ3n) is 5.41. The number of benzene rings is 2. The molecule has 1 fully saturated rings. The molecule has 2 amide bonds. The van der Waals surface area contributed by atoms with E-state index in [-0.39, 0.29) is 17.9 Å². The van der Waals surface area contributed by atoms with E-state index in [1.165, 1.54) is 17.8 Å². The van der Waals surface area contributed by atoms with Gasteiger partial charge in [0.15, 0.2) is 0 Å². The van der Waals surface area contributed by atoms with Crippen molar-refractivity contribution in [3.63, 3.8) is 0 Å². The monoisotopic (exact) mass is 434 g/mol. The van der Waals surface area contributed by atoms with Gasteiger partial charge in [0.25, 0.3) is 5.91 Å². The Balaban J connectivity index is 1.42. The van der Waals surface area contributed by atoms with E-state index >= 15 is 0 Å². The lowest BCUT2D eigenvalue weighted by Gasteiger charge is -2.25. The molecule has 2 N–H and O–H groups in total. The van der Waals surface area contributed by atoms with Crippen LogP contribution in [0.5, 0.6) is 11.5 Å². The summed E-state index contributed by atoms with van der Waals surface area (Å²) in [5.74, 6) is 0.944. The van der Waals surface area contributed by atoms with Crippen molar-refractivity contribution in [2.24, 2.45) is 0 Å². The zero-order chi connectivity index (χ0) is 21.5. The average molecular weight is 435 g/mol. The van der Waals surface area contributed by atoms with Crippen LogP contribution in [0.3, 0.4) is 0 Å². The van der Waals surface area contributed by atoms with Gasteiger partial charge in [-0.25, -0.2) is 0 Å². The molecule has 3 aromatic rings. The zero-order valence-electron chi connectivity index (χ0n) is 17.3. The van der Waals surface area contributed by atoms with Gasteiger partial charge in [0.1, 0.15) is 17.5 Å². The van der Waals surface area contributed by atoms with Gasteiger partial charge in [-0.1, -0.05) is 43.5 Å². The number of amides is 2. The Morgan fingerprint density at radius 3 is 2.26 bits per heavy atom. The van der Waals surface area contributed by atoms with Gasteiger partial charge in [-0.3, -0.25) is 9.59 Å². The normalized spacial score (nSPS) is 15.1. The van der Waals surface area contributed by atoms with Crippen molar-refractivity contribution in [1.29, 1.82) is 0 Å². The first kappa shape index (κ1) is 21.1. The van der Waals surface area contributed by atoms with Gasteiger partial charge in [0, 0.05) is 16.5 Å². The minimum atomic E-state index is -0.699. The Morgan fingerprint density at radius 2 is 1.58 bits per heavy atom. The number of para-hydroxylation sites is 1. The number of rotatable bonds is 7. The molecule has 1 saturated carbocycles. The van der Waals surface area contributed by atoms with Gasteiger partial charge in [0.2, 0.25) is 5.91 Å². The molecule has 1 aliphatic rings. The Morgan fingerprint density at radius 1 is 0.871 bits per heavy atom. The van der Waals surface area contributed by atoms with Crippen LogP contribution in [0, 0.1) is 0 Å². The summed E-state index contributed by atoms with van der Waals surface area (Å²) in [6.45, 7) is 0. The van der Waals surface area contributed by atoms with Crippen molar-refractivity contribution in [2.75, 3.05) is 0 Å². The molecule has 1 atom stereocenters. The fourth-order valence-electron chi connectivity index (χ4n) is 3.77. The molecule has 0 radical (unpaired) electrons. The lowest BCUT2D eigenvalue weighted by molar-refractivity contribution is -0.124. The van der Waals surface area contributed by atoms with E-state index in [2.05, 4.69) is 10.6 Å². The molecule has 6 heteroatoms. The van der Waals surface area contributed by atoms with E-state index in [4.69, 9.17) is 4.74 Å². The minimum Gasteiger partial charge on any atom is -0.457 e. The molecule has 160 valence electrons. The molecule has 0 saturated heterocycles. The second kappa shape index (κ2) is 10.3. The SMILES string of the molecule is O=C(NC(C(=O)NC1CCCCC1)c1cccs1)c1ccc(Oc2ccccc2)cc1. The molecule has 2 aromatic carbocycles. The summed E-state index contributed by atoms with van der Waals surface area (Å²) in [6.07, 6.45) is 5.50. The molecule has 4 rings (SSSR count). The highest BCUT2D eigenvalue weighted by Crippen LogP contribution is 2.24. The summed E-state index contributed by atoms with van der Waals surface area (Å²) >= 11 is 1.47. The predicted octanol–water partition coefficient (Wildman–Crippen LogP) is 5.46. The van der Waals surface area contributed by atoms with Crippen LogP contribution in [0.15, 0.2) is 72.1 Å². The van der Waals surface area contributed by atoms with Gasteiger partial charge in [0.05, 0.1) is 0 Å². The second-order valence-corrected chi connectivity index (χ2v) is 8.68. The van der Waals surface area contributed by atoms with E-state index in [9.17, 15) is 9.59 Å². The van der Waals surface area contributed by atoms with Crippen LogP contribution in [0.25, 0.3) is 0 Å². The van der Waals surface area contributed by atoms with E-state index < -0.39 is 6.04 Å². The first-order valence-electron chi connectivity index (χ1n) is 10.7. The van der Waals surface area contributed by atoms with Crippen molar-refractivity contribution in [2.45, 2.75) is 44.2 Å². The number of nitrogens with one attached hydrogen (secondary N) is 2. The number of thiophene rings is 1. The van der Waals surface area contributed by atoms with Crippen LogP contribution >= 0.6 is 11.3 Å². The van der Waals surface area contributed by atoms with Gasteiger partial charge in [-0.05, 0) is 60.7 Å². The van der Waals surface area contributed by atoms with Crippen LogP contribution in [0.1, 0.15) is 53.4 Å². The van der Waals surface area contributed by atoms with Gasteiger partial charge < -0.3 is 15.4 Å². The number of hydrogen-bond acceptors (Lipinski definition) is 4. The molecule has 0 aliphatic heterocycles. The van der Waals surface area contributed by atoms with Crippen molar-refractivity contribution < 1.29 is 14.3 Å². The molecule has 1 aromatic heterocycles. The summed E-state index contributed by atoms with van der Waals surface area (Å²) in [7, 11) is 0. The molecule has 0 spiro atoms. The predicted molar refractivity (Wildman–Crippen MR) is 122 cm³/mol. The smallest absolute Gasteiger partial charge is 0.252 e. The number of hydrogen-bond donors (Lipinski definition) is 2. The summed E-state index contributed by atoms with van der Waals surface area (Å²) in [5, 5.41) is 7.96. The maximum absolute atomic E-state index is 13.0. The van der Waals surface area contributed by atoms with Crippen LogP contribution in [-0.4, -0.2) is 17.9 Å². The summed E-state index contributed by atoms with van der Waals surface area (Å²) in [4.78, 5) is 26.7. The van der Waals surface area contributed by atoms with Crippen LogP contribution in [-0.2, 0) is 4.79 Å². The third-order valence-corrected chi connectivity index (χ3v) is 6.35. The molecule has 1 unspecified atom stereocenters. The summed E-state index contributed by atoms with van der Waals surface area (Å²) in [5.41, 5.74) is 0.479. The fourth-order valence-corrected chi connectivity index (χ4v) is 4.54. The standard InChI is InChI=1S/C25H26N2O3S/c28-24(18-13-15-21(16-14-18)30-20-10-5-2-6-11-20)27-23(22-12-7-17-31-22)25(29)26-19-8-3-1-4-9-19/h2,5-7,10-17,19,23H,1,3-4,8-9H2,(H,26,29)(H,27,28). The van der Waals surface area contributed by atoms with E-state index in [0.717, 1.165) is 36.3 Å².